The minimum absolute atomic E-state index is 0.0316. The van der Waals surface area contributed by atoms with Crippen LogP contribution >= 0.6 is 0 Å². The number of carbonyl (C=O) groups excluding carboxylic acids is 1. The van der Waals surface area contributed by atoms with Crippen molar-refractivity contribution in [2.24, 2.45) is 5.92 Å². The standard InChI is InChI=1S/C18H24N2O5S/c1-13(2)9-10-20(17(12-21)18(22)19-23)26(24,25)16-8-7-14-5-3-4-6-15(14)11-16/h3-8,11,13,17,21,23H,9-10,12H2,1-2H3,(H,19,22). The molecular weight excluding hydrogens is 356 g/mol. The van der Waals surface area contributed by atoms with Gasteiger partial charge in [-0.25, -0.2) is 13.9 Å². The minimum Gasteiger partial charge on any atom is -0.394 e. The first-order valence-corrected chi connectivity index (χ1v) is 9.80. The Labute approximate surface area is 153 Å². The van der Waals surface area contributed by atoms with Gasteiger partial charge >= 0.3 is 0 Å². The van der Waals surface area contributed by atoms with E-state index in [1.165, 1.54) is 11.5 Å². The lowest BCUT2D eigenvalue weighted by atomic mass is 10.1. The number of sulfonamides is 1. The van der Waals surface area contributed by atoms with Crippen molar-refractivity contribution in [2.45, 2.75) is 31.2 Å². The van der Waals surface area contributed by atoms with Gasteiger partial charge in [0, 0.05) is 6.54 Å². The number of fused-ring (bicyclic) bond motifs is 1. The molecule has 3 N–H and O–H groups in total. The molecule has 8 heteroatoms. The van der Waals surface area contributed by atoms with Crippen LogP contribution in [0.1, 0.15) is 20.3 Å². The van der Waals surface area contributed by atoms with Gasteiger partial charge in [0.2, 0.25) is 10.0 Å². The monoisotopic (exact) mass is 380 g/mol. The molecule has 2 rings (SSSR count). The Hall–Kier alpha value is -2.00. The molecule has 142 valence electrons. The number of aliphatic hydroxyl groups is 1. The molecule has 1 amide bonds. The zero-order valence-corrected chi connectivity index (χ0v) is 15.6. The third-order valence-electron chi connectivity index (χ3n) is 4.19. The Morgan fingerprint density at radius 3 is 2.38 bits per heavy atom. The van der Waals surface area contributed by atoms with E-state index in [1.807, 2.05) is 32.0 Å². The van der Waals surface area contributed by atoms with Gasteiger partial charge in [-0.05, 0) is 35.2 Å². The molecule has 0 saturated heterocycles. The number of nitrogens with one attached hydrogen (secondary N) is 1. The summed E-state index contributed by atoms with van der Waals surface area (Å²) in [6, 6.07) is 10.7. The van der Waals surface area contributed by atoms with Crippen molar-refractivity contribution in [3.8, 4) is 0 Å². The van der Waals surface area contributed by atoms with Crippen molar-refractivity contribution in [3.05, 3.63) is 42.5 Å². The zero-order valence-electron chi connectivity index (χ0n) is 14.8. The average molecular weight is 380 g/mol. The van der Waals surface area contributed by atoms with Gasteiger partial charge < -0.3 is 5.11 Å². The molecule has 2 aromatic carbocycles. The van der Waals surface area contributed by atoms with Crippen LogP contribution in [0.5, 0.6) is 0 Å². The molecule has 2 aromatic rings. The van der Waals surface area contributed by atoms with Crippen LogP contribution in [0.15, 0.2) is 47.4 Å². The summed E-state index contributed by atoms with van der Waals surface area (Å²) < 4.78 is 27.3. The number of hydroxylamine groups is 1. The lowest BCUT2D eigenvalue weighted by molar-refractivity contribution is -0.134. The van der Waals surface area contributed by atoms with E-state index in [4.69, 9.17) is 5.21 Å². The largest absolute Gasteiger partial charge is 0.394 e. The van der Waals surface area contributed by atoms with Crippen LogP contribution < -0.4 is 5.48 Å². The van der Waals surface area contributed by atoms with Gasteiger partial charge in [-0.1, -0.05) is 44.2 Å². The van der Waals surface area contributed by atoms with E-state index in [-0.39, 0.29) is 17.4 Å². The first-order valence-electron chi connectivity index (χ1n) is 8.36. The SMILES string of the molecule is CC(C)CCN(C(CO)C(=O)NO)S(=O)(=O)c1ccc2ccccc2c1. The van der Waals surface area contributed by atoms with Gasteiger partial charge in [-0.3, -0.25) is 10.0 Å². The lowest BCUT2D eigenvalue weighted by Gasteiger charge is -2.28. The molecule has 0 fully saturated rings. The minimum atomic E-state index is -4.05. The van der Waals surface area contributed by atoms with E-state index in [0.717, 1.165) is 15.1 Å². The van der Waals surface area contributed by atoms with Crippen LogP contribution in [0.4, 0.5) is 0 Å². The van der Waals surface area contributed by atoms with Gasteiger partial charge in [0.15, 0.2) is 0 Å². The highest BCUT2D eigenvalue weighted by atomic mass is 32.2. The number of carbonyl (C=O) groups is 1. The maximum Gasteiger partial charge on any atom is 0.264 e. The molecule has 0 spiro atoms. The van der Waals surface area contributed by atoms with E-state index in [1.54, 1.807) is 18.2 Å². The second kappa shape index (κ2) is 8.59. The van der Waals surface area contributed by atoms with Crippen molar-refractivity contribution < 1.29 is 23.5 Å². The second-order valence-corrected chi connectivity index (χ2v) is 8.37. The summed E-state index contributed by atoms with van der Waals surface area (Å²) in [5.41, 5.74) is 1.43. The fourth-order valence-electron chi connectivity index (χ4n) is 2.67. The molecule has 0 bridgehead atoms. The van der Waals surface area contributed by atoms with E-state index >= 15 is 0 Å². The first-order chi connectivity index (χ1) is 12.3. The van der Waals surface area contributed by atoms with Crippen LogP contribution in [0.25, 0.3) is 10.8 Å². The summed E-state index contributed by atoms with van der Waals surface area (Å²) in [4.78, 5) is 11.9. The van der Waals surface area contributed by atoms with Crippen molar-refractivity contribution in [3.63, 3.8) is 0 Å². The number of hydrogen-bond donors (Lipinski definition) is 3. The summed E-state index contributed by atoms with van der Waals surface area (Å²) in [5, 5.41) is 20.1. The van der Waals surface area contributed by atoms with Gasteiger partial charge in [-0.2, -0.15) is 4.31 Å². The van der Waals surface area contributed by atoms with Gasteiger partial charge in [-0.15, -0.1) is 0 Å². The predicted molar refractivity (Wildman–Crippen MR) is 98.1 cm³/mol. The first kappa shape index (κ1) is 20.3. The van der Waals surface area contributed by atoms with Gasteiger partial charge in [0.1, 0.15) is 6.04 Å². The average Bonchev–Trinajstić information content (AvgIpc) is 2.63. The maximum absolute atomic E-state index is 13.2. The maximum atomic E-state index is 13.2. The fourth-order valence-corrected chi connectivity index (χ4v) is 4.30. The summed E-state index contributed by atoms with van der Waals surface area (Å²) in [7, 11) is -4.05. The second-order valence-electron chi connectivity index (χ2n) is 6.48. The van der Waals surface area contributed by atoms with E-state index in [9.17, 15) is 18.3 Å². The summed E-state index contributed by atoms with van der Waals surface area (Å²) in [6.45, 7) is 3.17. The lowest BCUT2D eigenvalue weighted by Crippen LogP contribution is -2.51. The highest BCUT2D eigenvalue weighted by molar-refractivity contribution is 7.89. The van der Waals surface area contributed by atoms with E-state index in [0.29, 0.717) is 6.42 Å². The van der Waals surface area contributed by atoms with Crippen LogP contribution in [0, 0.1) is 5.92 Å². The molecule has 1 unspecified atom stereocenters. The Kier molecular flexibility index (Phi) is 6.71. The Morgan fingerprint density at radius 2 is 1.81 bits per heavy atom. The molecule has 0 radical (unpaired) electrons. The molecule has 0 heterocycles. The number of rotatable bonds is 8. The topological polar surface area (TPSA) is 107 Å². The predicted octanol–water partition coefficient (Wildman–Crippen LogP) is 1.74. The summed E-state index contributed by atoms with van der Waals surface area (Å²) in [5.74, 6) is -0.776. The highest BCUT2D eigenvalue weighted by Gasteiger charge is 2.35. The van der Waals surface area contributed by atoms with Crippen LogP contribution in [-0.4, -0.2) is 48.1 Å². The number of hydrogen-bond acceptors (Lipinski definition) is 5. The van der Waals surface area contributed by atoms with Crippen LogP contribution in [0.3, 0.4) is 0 Å². The van der Waals surface area contributed by atoms with Crippen LogP contribution in [-0.2, 0) is 14.8 Å². The van der Waals surface area contributed by atoms with Crippen molar-refractivity contribution in [1.82, 2.24) is 9.79 Å². The number of nitrogens with zero attached hydrogens (tertiary/aromatic N) is 1. The van der Waals surface area contributed by atoms with Crippen molar-refractivity contribution >= 4 is 26.7 Å². The third-order valence-corrected chi connectivity index (χ3v) is 6.09. The molecule has 0 aliphatic carbocycles. The normalized spacial score (nSPS) is 13.3. The molecule has 26 heavy (non-hydrogen) atoms. The molecule has 0 saturated carbocycles. The smallest absolute Gasteiger partial charge is 0.264 e. The third kappa shape index (κ3) is 4.39. The van der Waals surface area contributed by atoms with E-state index < -0.39 is 28.6 Å². The Balaban J connectivity index is 2.49. The van der Waals surface area contributed by atoms with E-state index in [2.05, 4.69) is 0 Å². The molecule has 0 aromatic heterocycles. The molecular formula is C18H24N2O5S. The fraction of sp³-hybridized carbons (Fsp3) is 0.389. The van der Waals surface area contributed by atoms with Crippen molar-refractivity contribution in [1.29, 1.82) is 0 Å². The molecule has 1 atom stereocenters. The highest BCUT2D eigenvalue weighted by Crippen LogP contribution is 2.24. The summed E-state index contributed by atoms with van der Waals surface area (Å²) >= 11 is 0. The quantitative estimate of drug-likeness (QED) is 0.478. The van der Waals surface area contributed by atoms with Gasteiger partial charge in [0.25, 0.3) is 5.91 Å². The molecule has 0 aliphatic heterocycles. The number of aliphatic hydroxyl groups excluding tert-OH is 1. The van der Waals surface area contributed by atoms with Crippen LogP contribution in [0.2, 0.25) is 0 Å². The molecule has 7 nitrogen and oxygen atoms in total. The summed E-state index contributed by atoms with van der Waals surface area (Å²) in [6.07, 6.45) is 0.502. The van der Waals surface area contributed by atoms with Gasteiger partial charge in [0.05, 0.1) is 11.5 Å². The number of amides is 1. The Bertz CT molecular complexity index is 867. The zero-order chi connectivity index (χ0) is 19.3. The number of benzene rings is 2. The Morgan fingerprint density at radius 1 is 1.15 bits per heavy atom. The molecule has 0 aliphatic rings. The van der Waals surface area contributed by atoms with Crippen molar-refractivity contribution in [2.75, 3.05) is 13.2 Å².